The molecule has 3 aromatic rings. The predicted molar refractivity (Wildman–Crippen MR) is 65.4 cm³/mol. The van der Waals surface area contributed by atoms with E-state index in [4.69, 9.17) is 5.73 Å². The predicted octanol–water partition coefficient (Wildman–Crippen LogP) is 2.35. The number of thiophene rings is 1. The third kappa shape index (κ3) is 1.22. The number of aryl methyl sites for hydroxylation is 1. The number of anilines is 1. The Labute approximate surface area is 96.4 Å². The molecule has 16 heavy (non-hydrogen) atoms. The van der Waals surface area contributed by atoms with E-state index in [2.05, 4.69) is 9.97 Å². The van der Waals surface area contributed by atoms with Crippen LogP contribution >= 0.6 is 11.3 Å². The van der Waals surface area contributed by atoms with Gasteiger partial charge in [0.05, 0.1) is 4.88 Å². The number of nitrogens with zero attached hydrogens (tertiary/aromatic N) is 3. The van der Waals surface area contributed by atoms with Crippen molar-refractivity contribution in [3.8, 4) is 10.6 Å². The van der Waals surface area contributed by atoms with E-state index in [0.29, 0.717) is 5.82 Å². The van der Waals surface area contributed by atoms with Crippen molar-refractivity contribution < 1.29 is 0 Å². The van der Waals surface area contributed by atoms with Crippen molar-refractivity contribution in [2.24, 2.45) is 0 Å². The molecule has 4 nitrogen and oxygen atoms in total. The number of aromatic nitrogens is 3. The molecule has 0 fully saturated rings. The van der Waals surface area contributed by atoms with E-state index in [9.17, 15) is 0 Å². The van der Waals surface area contributed by atoms with Crippen molar-refractivity contribution in [1.29, 1.82) is 0 Å². The zero-order valence-corrected chi connectivity index (χ0v) is 9.53. The lowest BCUT2D eigenvalue weighted by Gasteiger charge is -1.99. The van der Waals surface area contributed by atoms with Crippen LogP contribution in [-0.2, 0) is 0 Å². The van der Waals surface area contributed by atoms with Crippen LogP contribution in [0, 0.1) is 6.92 Å². The summed E-state index contributed by atoms with van der Waals surface area (Å²) in [7, 11) is 0. The van der Waals surface area contributed by atoms with Gasteiger partial charge in [0.15, 0.2) is 0 Å². The van der Waals surface area contributed by atoms with Crippen molar-refractivity contribution in [3.63, 3.8) is 0 Å². The molecule has 80 valence electrons. The Morgan fingerprint density at radius 2 is 2.31 bits per heavy atom. The fourth-order valence-electron chi connectivity index (χ4n) is 1.80. The molecule has 3 heterocycles. The summed E-state index contributed by atoms with van der Waals surface area (Å²) in [5, 5.41) is 2.03. The number of fused-ring (bicyclic) bond motifs is 1. The highest BCUT2D eigenvalue weighted by molar-refractivity contribution is 7.13. The molecule has 0 aromatic carbocycles. The summed E-state index contributed by atoms with van der Waals surface area (Å²) in [6.45, 7) is 1.96. The SMILES string of the molecule is Cc1nc(-c2cccs2)c2c(N)nccn12. The summed E-state index contributed by atoms with van der Waals surface area (Å²) in [5.41, 5.74) is 7.72. The van der Waals surface area contributed by atoms with Gasteiger partial charge in [0.25, 0.3) is 0 Å². The molecule has 3 aromatic heterocycles. The molecule has 0 aliphatic carbocycles. The van der Waals surface area contributed by atoms with E-state index in [0.717, 1.165) is 21.9 Å². The van der Waals surface area contributed by atoms with Gasteiger partial charge in [0, 0.05) is 12.4 Å². The van der Waals surface area contributed by atoms with Gasteiger partial charge in [0.2, 0.25) is 0 Å². The first-order chi connectivity index (χ1) is 7.77. The maximum atomic E-state index is 5.91. The lowest BCUT2D eigenvalue weighted by atomic mass is 10.3. The highest BCUT2D eigenvalue weighted by atomic mass is 32.1. The van der Waals surface area contributed by atoms with Gasteiger partial charge in [-0.2, -0.15) is 0 Å². The highest BCUT2D eigenvalue weighted by Crippen LogP contribution is 2.30. The Hall–Kier alpha value is -1.88. The summed E-state index contributed by atoms with van der Waals surface area (Å²) in [6, 6.07) is 4.05. The van der Waals surface area contributed by atoms with Crippen LogP contribution in [0.15, 0.2) is 29.9 Å². The summed E-state index contributed by atoms with van der Waals surface area (Å²) in [6.07, 6.45) is 3.57. The number of hydrogen-bond acceptors (Lipinski definition) is 4. The van der Waals surface area contributed by atoms with E-state index in [-0.39, 0.29) is 0 Å². The van der Waals surface area contributed by atoms with E-state index in [1.54, 1.807) is 17.5 Å². The van der Waals surface area contributed by atoms with Crippen LogP contribution in [0.2, 0.25) is 0 Å². The smallest absolute Gasteiger partial charge is 0.150 e. The Morgan fingerprint density at radius 1 is 1.44 bits per heavy atom. The van der Waals surface area contributed by atoms with Gasteiger partial charge in [-0.15, -0.1) is 11.3 Å². The van der Waals surface area contributed by atoms with Crippen molar-refractivity contribution in [1.82, 2.24) is 14.4 Å². The first-order valence-electron chi connectivity index (χ1n) is 4.90. The lowest BCUT2D eigenvalue weighted by molar-refractivity contribution is 1.03. The second-order valence-electron chi connectivity index (χ2n) is 3.52. The van der Waals surface area contributed by atoms with Gasteiger partial charge in [0.1, 0.15) is 22.9 Å². The molecule has 0 aliphatic heterocycles. The van der Waals surface area contributed by atoms with Gasteiger partial charge in [-0.25, -0.2) is 9.97 Å². The molecule has 0 unspecified atom stereocenters. The molecular formula is C11H10N4S. The van der Waals surface area contributed by atoms with Crippen LogP contribution in [0.3, 0.4) is 0 Å². The molecule has 0 spiro atoms. The van der Waals surface area contributed by atoms with Crippen LogP contribution in [0.5, 0.6) is 0 Å². The van der Waals surface area contributed by atoms with E-state index < -0.39 is 0 Å². The molecular weight excluding hydrogens is 220 g/mol. The fourth-order valence-corrected chi connectivity index (χ4v) is 2.51. The van der Waals surface area contributed by atoms with E-state index in [1.807, 2.05) is 35.0 Å². The second kappa shape index (κ2) is 3.31. The topological polar surface area (TPSA) is 56.2 Å². The van der Waals surface area contributed by atoms with Gasteiger partial charge in [-0.05, 0) is 18.4 Å². The van der Waals surface area contributed by atoms with Crippen molar-refractivity contribution in [2.45, 2.75) is 6.92 Å². The first kappa shape index (κ1) is 9.35. The average molecular weight is 230 g/mol. The normalized spacial score (nSPS) is 11.1. The van der Waals surface area contributed by atoms with Crippen LogP contribution in [0.25, 0.3) is 16.1 Å². The summed E-state index contributed by atoms with van der Waals surface area (Å²) < 4.78 is 1.97. The third-order valence-corrected chi connectivity index (χ3v) is 3.39. The van der Waals surface area contributed by atoms with Crippen molar-refractivity contribution >= 4 is 22.7 Å². The van der Waals surface area contributed by atoms with Gasteiger partial charge < -0.3 is 5.73 Å². The average Bonchev–Trinajstić information content (AvgIpc) is 2.87. The minimum absolute atomic E-state index is 0.520. The number of rotatable bonds is 1. The molecule has 2 N–H and O–H groups in total. The molecule has 5 heteroatoms. The molecule has 0 saturated carbocycles. The molecule has 0 saturated heterocycles. The zero-order valence-electron chi connectivity index (χ0n) is 8.71. The van der Waals surface area contributed by atoms with Crippen molar-refractivity contribution in [3.05, 3.63) is 35.7 Å². The Balaban J connectivity index is 2.42. The highest BCUT2D eigenvalue weighted by Gasteiger charge is 2.13. The monoisotopic (exact) mass is 230 g/mol. The molecule has 0 atom stereocenters. The van der Waals surface area contributed by atoms with Gasteiger partial charge >= 0.3 is 0 Å². The Bertz CT molecular complexity index is 639. The summed E-state index contributed by atoms with van der Waals surface area (Å²) >= 11 is 1.65. The number of imidazole rings is 1. The van der Waals surface area contributed by atoms with Crippen molar-refractivity contribution in [2.75, 3.05) is 5.73 Å². The number of nitrogens with two attached hydrogens (primary N) is 1. The lowest BCUT2D eigenvalue weighted by Crippen LogP contribution is -1.95. The maximum absolute atomic E-state index is 5.91. The second-order valence-corrected chi connectivity index (χ2v) is 4.46. The Kier molecular flexibility index (Phi) is 1.94. The first-order valence-corrected chi connectivity index (χ1v) is 5.78. The van der Waals surface area contributed by atoms with Crippen LogP contribution in [0.1, 0.15) is 5.82 Å². The minimum atomic E-state index is 0.520. The fraction of sp³-hybridized carbons (Fsp3) is 0.0909. The van der Waals surface area contributed by atoms with E-state index >= 15 is 0 Å². The molecule has 0 bridgehead atoms. The van der Waals surface area contributed by atoms with Crippen LogP contribution in [-0.4, -0.2) is 14.4 Å². The maximum Gasteiger partial charge on any atom is 0.150 e. The standard InChI is InChI=1S/C11H10N4S/c1-7-14-9(8-3-2-6-16-8)10-11(12)13-4-5-15(7)10/h2-6H,1H3,(H2,12,13). The summed E-state index contributed by atoms with van der Waals surface area (Å²) in [4.78, 5) is 9.78. The quantitative estimate of drug-likeness (QED) is 0.698. The molecule has 0 amide bonds. The minimum Gasteiger partial charge on any atom is -0.382 e. The molecule has 3 rings (SSSR count). The van der Waals surface area contributed by atoms with E-state index in [1.165, 1.54) is 0 Å². The third-order valence-electron chi connectivity index (χ3n) is 2.51. The molecule has 0 aliphatic rings. The summed E-state index contributed by atoms with van der Waals surface area (Å²) in [5.74, 6) is 1.44. The van der Waals surface area contributed by atoms with Gasteiger partial charge in [-0.1, -0.05) is 6.07 Å². The van der Waals surface area contributed by atoms with Crippen LogP contribution in [0.4, 0.5) is 5.82 Å². The number of nitrogen functional groups attached to an aromatic ring is 1. The molecule has 0 radical (unpaired) electrons. The zero-order chi connectivity index (χ0) is 11.1. The number of hydrogen-bond donors (Lipinski definition) is 1. The Morgan fingerprint density at radius 3 is 3.06 bits per heavy atom. The van der Waals surface area contributed by atoms with Gasteiger partial charge in [-0.3, -0.25) is 4.40 Å². The largest absolute Gasteiger partial charge is 0.382 e. The van der Waals surface area contributed by atoms with Crippen LogP contribution < -0.4 is 5.73 Å².